The summed E-state index contributed by atoms with van der Waals surface area (Å²) in [6.07, 6.45) is 0.438. The maximum Gasteiger partial charge on any atom is 0.407 e. The number of ether oxygens (including phenoxy) is 2. The van der Waals surface area contributed by atoms with Crippen molar-refractivity contribution in [3.63, 3.8) is 0 Å². The van der Waals surface area contributed by atoms with Crippen molar-refractivity contribution >= 4 is 18.0 Å². The summed E-state index contributed by atoms with van der Waals surface area (Å²) in [6, 6.07) is -0.0843. The summed E-state index contributed by atoms with van der Waals surface area (Å²) < 4.78 is 9.26. The fourth-order valence-corrected chi connectivity index (χ4v) is 1.93. The summed E-state index contributed by atoms with van der Waals surface area (Å²) in [5.41, 5.74) is 0. The molecule has 108 valence electrons. The molecular weight excluding hydrogens is 252 g/mol. The number of nitrogens with one attached hydrogen (secondary N) is 1. The molecule has 7 nitrogen and oxygen atoms in total. The molecule has 1 saturated heterocycles. The predicted octanol–water partition coefficient (Wildman–Crippen LogP) is 0.287. The molecule has 19 heavy (non-hydrogen) atoms. The van der Waals surface area contributed by atoms with E-state index >= 15 is 0 Å². The van der Waals surface area contributed by atoms with Crippen molar-refractivity contribution in [2.24, 2.45) is 0 Å². The van der Waals surface area contributed by atoms with Gasteiger partial charge in [-0.1, -0.05) is 0 Å². The van der Waals surface area contributed by atoms with Crippen LogP contribution in [0.2, 0.25) is 0 Å². The van der Waals surface area contributed by atoms with Gasteiger partial charge in [0.05, 0.1) is 26.2 Å². The van der Waals surface area contributed by atoms with Gasteiger partial charge >= 0.3 is 12.1 Å². The van der Waals surface area contributed by atoms with Crippen LogP contribution in [0.4, 0.5) is 4.79 Å². The molecule has 1 fully saturated rings. The summed E-state index contributed by atoms with van der Waals surface area (Å²) in [5.74, 6) is -0.457. The van der Waals surface area contributed by atoms with Crippen LogP contribution in [0.5, 0.6) is 0 Å². The van der Waals surface area contributed by atoms with Gasteiger partial charge in [-0.2, -0.15) is 0 Å². The molecule has 0 aliphatic carbocycles. The molecule has 0 saturated carbocycles. The maximum absolute atomic E-state index is 11.8. The van der Waals surface area contributed by atoms with Gasteiger partial charge in [-0.25, -0.2) is 4.79 Å². The average molecular weight is 272 g/mol. The molecule has 1 N–H and O–H groups in total. The first-order chi connectivity index (χ1) is 9.06. The number of esters is 1. The minimum absolute atomic E-state index is 0.0843. The molecule has 1 rings (SSSR count). The summed E-state index contributed by atoms with van der Waals surface area (Å²) in [4.78, 5) is 35.6. The highest BCUT2D eigenvalue weighted by atomic mass is 16.5. The second-order valence-corrected chi connectivity index (χ2v) is 4.27. The zero-order chi connectivity index (χ0) is 14.3. The van der Waals surface area contributed by atoms with Crippen LogP contribution in [0.1, 0.15) is 26.2 Å². The zero-order valence-electron chi connectivity index (χ0n) is 11.3. The summed E-state index contributed by atoms with van der Waals surface area (Å²) in [5, 5.41) is 2.65. The molecule has 1 aliphatic rings. The number of nitrogens with zero attached hydrogens (tertiary/aromatic N) is 1. The number of methoxy groups -OCH3 is 1. The third-order valence-electron chi connectivity index (χ3n) is 2.90. The molecule has 1 atom stereocenters. The Kier molecular flexibility index (Phi) is 6.11. The second kappa shape index (κ2) is 7.60. The predicted molar refractivity (Wildman–Crippen MR) is 66.4 cm³/mol. The zero-order valence-corrected chi connectivity index (χ0v) is 11.3. The Balaban J connectivity index is 2.28. The van der Waals surface area contributed by atoms with E-state index in [-0.39, 0.29) is 30.8 Å². The van der Waals surface area contributed by atoms with E-state index in [0.717, 1.165) is 0 Å². The molecule has 2 amide bonds. The molecule has 0 aromatic carbocycles. The first-order valence-electron chi connectivity index (χ1n) is 6.34. The maximum atomic E-state index is 11.8. The van der Waals surface area contributed by atoms with Crippen molar-refractivity contribution in [2.75, 3.05) is 26.8 Å². The van der Waals surface area contributed by atoms with Crippen molar-refractivity contribution in [2.45, 2.75) is 32.2 Å². The summed E-state index contributed by atoms with van der Waals surface area (Å²) in [7, 11) is 1.30. The van der Waals surface area contributed by atoms with Gasteiger partial charge in [0.2, 0.25) is 5.91 Å². The van der Waals surface area contributed by atoms with Gasteiger partial charge in [-0.3, -0.25) is 9.59 Å². The summed E-state index contributed by atoms with van der Waals surface area (Å²) in [6.45, 7) is 3.08. The van der Waals surface area contributed by atoms with E-state index in [1.165, 1.54) is 7.11 Å². The van der Waals surface area contributed by atoms with Crippen LogP contribution < -0.4 is 5.32 Å². The standard InChI is InChI=1S/C12H20N2O5/c1-3-19-11(16)5-4-10(15)14-7-6-9(8-14)13-12(17)18-2/h9H,3-8H2,1-2H3,(H,13,17). The molecular formula is C12H20N2O5. The van der Waals surface area contributed by atoms with E-state index in [4.69, 9.17) is 4.74 Å². The third-order valence-corrected chi connectivity index (χ3v) is 2.90. The van der Waals surface area contributed by atoms with E-state index in [9.17, 15) is 14.4 Å². The molecule has 0 aromatic rings. The molecule has 0 radical (unpaired) electrons. The Bertz CT molecular complexity index is 345. The number of alkyl carbamates (subject to hydrolysis) is 1. The van der Waals surface area contributed by atoms with Crippen LogP contribution in [-0.4, -0.2) is 55.7 Å². The third kappa shape index (κ3) is 5.15. The fourth-order valence-electron chi connectivity index (χ4n) is 1.93. The average Bonchev–Trinajstić information content (AvgIpc) is 2.84. The van der Waals surface area contributed by atoms with Crippen LogP contribution in [0, 0.1) is 0 Å². The van der Waals surface area contributed by atoms with Crippen LogP contribution in [0.3, 0.4) is 0 Å². The van der Waals surface area contributed by atoms with Crippen LogP contribution in [0.15, 0.2) is 0 Å². The molecule has 1 aliphatic heterocycles. The topological polar surface area (TPSA) is 84.9 Å². The number of carbonyl (C=O) groups is 3. The number of amides is 2. The lowest BCUT2D eigenvalue weighted by Crippen LogP contribution is -2.38. The van der Waals surface area contributed by atoms with Crippen LogP contribution in [-0.2, 0) is 19.1 Å². The number of likely N-dealkylation sites (tertiary alicyclic amines) is 1. The number of rotatable bonds is 5. The van der Waals surface area contributed by atoms with E-state index in [1.54, 1.807) is 11.8 Å². The quantitative estimate of drug-likeness (QED) is 0.727. The Hall–Kier alpha value is -1.79. The number of carbonyl (C=O) groups excluding carboxylic acids is 3. The van der Waals surface area contributed by atoms with E-state index in [0.29, 0.717) is 26.1 Å². The highest BCUT2D eigenvalue weighted by molar-refractivity contribution is 5.81. The minimum atomic E-state index is -0.495. The highest BCUT2D eigenvalue weighted by Crippen LogP contribution is 2.11. The van der Waals surface area contributed by atoms with Crippen molar-refractivity contribution in [3.8, 4) is 0 Å². The molecule has 7 heteroatoms. The summed E-state index contributed by atoms with van der Waals surface area (Å²) >= 11 is 0. The fraction of sp³-hybridized carbons (Fsp3) is 0.750. The van der Waals surface area contributed by atoms with Crippen molar-refractivity contribution in [3.05, 3.63) is 0 Å². The molecule has 0 bridgehead atoms. The lowest BCUT2D eigenvalue weighted by Gasteiger charge is -2.16. The van der Waals surface area contributed by atoms with Gasteiger partial charge < -0.3 is 19.7 Å². The molecule has 0 spiro atoms. The Morgan fingerprint density at radius 2 is 2.05 bits per heavy atom. The molecule has 1 heterocycles. The van der Waals surface area contributed by atoms with Gasteiger partial charge in [-0.05, 0) is 13.3 Å². The Morgan fingerprint density at radius 3 is 2.68 bits per heavy atom. The largest absolute Gasteiger partial charge is 0.466 e. The van der Waals surface area contributed by atoms with E-state index in [2.05, 4.69) is 10.1 Å². The van der Waals surface area contributed by atoms with Gasteiger partial charge in [-0.15, -0.1) is 0 Å². The van der Waals surface area contributed by atoms with Crippen LogP contribution in [0.25, 0.3) is 0 Å². The van der Waals surface area contributed by atoms with E-state index in [1.807, 2.05) is 0 Å². The van der Waals surface area contributed by atoms with Gasteiger partial charge in [0.1, 0.15) is 0 Å². The molecule has 0 aromatic heterocycles. The van der Waals surface area contributed by atoms with Crippen molar-refractivity contribution in [1.29, 1.82) is 0 Å². The first-order valence-corrected chi connectivity index (χ1v) is 6.34. The SMILES string of the molecule is CCOC(=O)CCC(=O)N1CCC(NC(=O)OC)C1. The van der Waals surface area contributed by atoms with Crippen molar-refractivity contribution in [1.82, 2.24) is 10.2 Å². The van der Waals surface area contributed by atoms with Crippen LogP contribution >= 0.6 is 0 Å². The van der Waals surface area contributed by atoms with Crippen molar-refractivity contribution < 1.29 is 23.9 Å². The number of hydrogen-bond donors (Lipinski definition) is 1. The monoisotopic (exact) mass is 272 g/mol. The van der Waals surface area contributed by atoms with Gasteiger partial charge in [0.25, 0.3) is 0 Å². The smallest absolute Gasteiger partial charge is 0.407 e. The highest BCUT2D eigenvalue weighted by Gasteiger charge is 2.27. The number of hydrogen-bond acceptors (Lipinski definition) is 5. The molecule has 1 unspecified atom stereocenters. The normalized spacial score (nSPS) is 18.0. The second-order valence-electron chi connectivity index (χ2n) is 4.27. The van der Waals surface area contributed by atoms with Gasteiger partial charge in [0.15, 0.2) is 0 Å². The minimum Gasteiger partial charge on any atom is -0.466 e. The Labute approximate surface area is 112 Å². The van der Waals surface area contributed by atoms with Gasteiger partial charge in [0, 0.05) is 19.5 Å². The van der Waals surface area contributed by atoms with E-state index < -0.39 is 6.09 Å². The first kappa shape index (κ1) is 15.3. The lowest BCUT2D eigenvalue weighted by molar-refractivity contribution is -0.145. The lowest BCUT2D eigenvalue weighted by atomic mass is 10.3. The Morgan fingerprint density at radius 1 is 1.32 bits per heavy atom.